The summed E-state index contributed by atoms with van der Waals surface area (Å²) in [6.45, 7) is 25.9. The monoisotopic (exact) mass is 494 g/mol. The van der Waals surface area contributed by atoms with Crippen molar-refractivity contribution in [2.75, 3.05) is 13.2 Å². The normalized spacial score (nSPS) is 40.4. The van der Waals surface area contributed by atoms with Gasteiger partial charge >= 0.3 is 0 Å². The first-order valence-corrected chi connectivity index (χ1v) is 17.0. The fourth-order valence-electron chi connectivity index (χ4n) is 7.88. The minimum atomic E-state index is -1.94. The summed E-state index contributed by atoms with van der Waals surface area (Å²) in [6, 6.07) is 0. The van der Waals surface area contributed by atoms with Crippen LogP contribution in [0.4, 0.5) is 0 Å². The van der Waals surface area contributed by atoms with Crippen LogP contribution in [0.3, 0.4) is 0 Å². The van der Waals surface area contributed by atoms with Gasteiger partial charge in [0.2, 0.25) is 0 Å². The van der Waals surface area contributed by atoms with Gasteiger partial charge in [0.1, 0.15) is 0 Å². The van der Waals surface area contributed by atoms with Crippen LogP contribution in [0.15, 0.2) is 12.7 Å². The van der Waals surface area contributed by atoms with Crippen molar-refractivity contribution >= 4 is 8.32 Å². The van der Waals surface area contributed by atoms with Gasteiger partial charge < -0.3 is 19.0 Å². The maximum atomic E-state index is 12.4. The van der Waals surface area contributed by atoms with E-state index in [9.17, 15) is 5.11 Å². The molecule has 34 heavy (non-hydrogen) atoms. The summed E-state index contributed by atoms with van der Waals surface area (Å²) in [6.07, 6.45) is 6.78. The number of hydrogen-bond donors (Lipinski definition) is 1. The maximum Gasteiger partial charge on any atom is 0.192 e. The SMILES string of the molecule is C=CCC1(O)C(C(OCC)OCC)C[C@@H]2[C@H]3C[C@@H](C)[C@@H](CC)[C@@H]3[C@H](O[Si](C)(C)C(C)(C)C)C[C@@H]21. The van der Waals surface area contributed by atoms with Gasteiger partial charge in [-0.05, 0) is 93.2 Å². The summed E-state index contributed by atoms with van der Waals surface area (Å²) in [5.41, 5.74) is -0.852. The highest BCUT2D eigenvalue weighted by Crippen LogP contribution is 2.64. The smallest absolute Gasteiger partial charge is 0.192 e. The van der Waals surface area contributed by atoms with Gasteiger partial charge in [0, 0.05) is 25.2 Å². The van der Waals surface area contributed by atoms with Crippen LogP contribution < -0.4 is 0 Å². The minimum Gasteiger partial charge on any atom is -0.414 e. The van der Waals surface area contributed by atoms with Crippen molar-refractivity contribution in [2.24, 2.45) is 41.4 Å². The van der Waals surface area contributed by atoms with Crippen LogP contribution >= 0.6 is 0 Å². The summed E-state index contributed by atoms with van der Waals surface area (Å²) in [7, 11) is -1.94. The van der Waals surface area contributed by atoms with Crippen LogP contribution in [0.1, 0.15) is 80.6 Å². The van der Waals surface area contributed by atoms with Crippen molar-refractivity contribution in [1.29, 1.82) is 0 Å². The maximum absolute atomic E-state index is 12.4. The molecule has 0 saturated heterocycles. The number of hydrogen-bond acceptors (Lipinski definition) is 4. The van der Waals surface area contributed by atoms with E-state index in [2.05, 4.69) is 54.3 Å². The largest absolute Gasteiger partial charge is 0.414 e. The van der Waals surface area contributed by atoms with Crippen LogP contribution in [0.5, 0.6) is 0 Å². The van der Waals surface area contributed by atoms with Crippen LogP contribution in [0, 0.1) is 41.4 Å². The second-order valence-electron chi connectivity index (χ2n) is 13.1. The van der Waals surface area contributed by atoms with Crippen molar-refractivity contribution in [3.05, 3.63) is 12.7 Å². The zero-order valence-electron chi connectivity index (χ0n) is 23.6. The number of rotatable bonds is 10. The molecule has 9 atom stereocenters. The Morgan fingerprint density at radius 3 is 2.18 bits per heavy atom. The lowest BCUT2D eigenvalue weighted by molar-refractivity contribution is -0.208. The standard InChI is InChI=1S/C29H54O4Si/c1-11-15-29(30)23-18-25(33-34(9,10)28(6,7)8)26-20(12-2)19(5)16-22(26)21(23)17-24(29)27(31-13-3)32-14-4/h11,19-27,30H,1,12-18H2,2-10H3/t19-,20-,21-,22-,23+,24?,25-,26+,29?/m1/s1. The predicted octanol–water partition coefficient (Wildman–Crippen LogP) is 7.04. The summed E-state index contributed by atoms with van der Waals surface area (Å²) in [5, 5.41) is 12.6. The van der Waals surface area contributed by atoms with Gasteiger partial charge in [-0.15, -0.1) is 6.58 Å². The van der Waals surface area contributed by atoms with E-state index in [1.165, 1.54) is 12.8 Å². The molecule has 0 spiro atoms. The first-order valence-electron chi connectivity index (χ1n) is 14.1. The van der Waals surface area contributed by atoms with E-state index in [1.807, 2.05) is 19.9 Å². The van der Waals surface area contributed by atoms with Gasteiger partial charge in [-0.3, -0.25) is 0 Å². The minimum absolute atomic E-state index is 0.0244. The van der Waals surface area contributed by atoms with E-state index in [4.69, 9.17) is 13.9 Å². The van der Waals surface area contributed by atoms with Crippen molar-refractivity contribution in [2.45, 2.75) is 117 Å². The van der Waals surface area contributed by atoms with E-state index in [0.717, 1.165) is 12.8 Å². The molecule has 0 aliphatic heterocycles. The van der Waals surface area contributed by atoms with Crippen LogP contribution in [0.25, 0.3) is 0 Å². The summed E-state index contributed by atoms with van der Waals surface area (Å²) in [5.74, 6) is 3.31. The Morgan fingerprint density at radius 1 is 1.06 bits per heavy atom. The van der Waals surface area contributed by atoms with Crippen LogP contribution in [-0.4, -0.2) is 44.6 Å². The van der Waals surface area contributed by atoms with Crippen molar-refractivity contribution in [1.82, 2.24) is 0 Å². The molecule has 4 nitrogen and oxygen atoms in total. The molecule has 0 aromatic carbocycles. The average Bonchev–Trinajstić information content (AvgIpc) is 3.21. The van der Waals surface area contributed by atoms with Crippen molar-refractivity contribution in [3.63, 3.8) is 0 Å². The average molecular weight is 495 g/mol. The summed E-state index contributed by atoms with van der Waals surface area (Å²) in [4.78, 5) is 0. The third-order valence-corrected chi connectivity index (χ3v) is 14.8. The van der Waals surface area contributed by atoms with Gasteiger partial charge in [0.05, 0.1) is 5.60 Å². The van der Waals surface area contributed by atoms with Gasteiger partial charge in [0.15, 0.2) is 14.6 Å². The molecular formula is C29H54O4Si. The number of fused-ring (bicyclic) bond motifs is 3. The Hall–Kier alpha value is -0.203. The highest BCUT2D eigenvalue weighted by Gasteiger charge is 2.64. The lowest BCUT2D eigenvalue weighted by atomic mass is 9.63. The van der Waals surface area contributed by atoms with Crippen molar-refractivity contribution in [3.8, 4) is 0 Å². The Bertz CT molecular complexity index is 682. The van der Waals surface area contributed by atoms with Gasteiger partial charge in [-0.25, -0.2) is 0 Å². The van der Waals surface area contributed by atoms with Crippen LogP contribution in [0.2, 0.25) is 18.1 Å². The quantitative estimate of drug-likeness (QED) is 0.201. The molecular weight excluding hydrogens is 440 g/mol. The van der Waals surface area contributed by atoms with Crippen molar-refractivity contribution < 1.29 is 19.0 Å². The fourth-order valence-corrected chi connectivity index (χ4v) is 9.25. The third kappa shape index (κ3) is 4.98. The van der Waals surface area contributed by atoms with Crippen LogP contribution in [-0.2, 0) is 13.9 Å². The number of aliphatic hydroxyl groups is 1. The molecule has 0 bridgehead atoms. The van der Waals surface area contributed by atoms with E-state index in [1.54, 1.807) is 0 Å². The van der Waals surface area contributed by atoms with E-state index in [-0.39, 0.29) is 29.3 Å². The molecule has 3 saturated carbocycles. The lowest BCUT2D eigenvalue weighted by Crippen LogP contribution is -2.54. The number of ether oxygens (including phenoxy) is 2. The Labute approximate surface area is 211 Å². The van der Waals surface area contributed by atoms with E-state index < -0.39 is 13.9 Å². The second-order valence-corrected chi connectivity index (χ2v) is 17.8. The Balaban J connectivity index is 2.02. The van der Waals surface area contributed by atoms with Gasteiger partial charge in [-0.2, -0.15) is 0 Å². The molecule has 2 unspecified atom stereocenters. The molecule has 0 aromatic heterocycles. The third-order valence-electron chi connectivity index (χ3n) is 10.3. The molecule has 0 radical (unpaired) electrons. The van der Waals surface area contributed by atoms with Gasteiger partial charge in [0.25, 0.3) is 0 Å². The van der Waals surface area contributed by atoms with E-state index in [0.29, 0.717) is 49.2 Å². The zero-order chi connectivity index (χ0) is 25.5. The first-order chi connectivity index (χ1) is 15.9. The fraction of sp³-hybridized carbons (Fsp3) is 0.931. The Morgan fingerprint density at radius 2 is 1.68 bits per heavy atom. The van der Waals surface area contributed by atoms with E-state index >= 15 is 0 Å². The molecule has 198 valence electrons. The molecule has 5 heteroatoms. The summed E-state index contributed by atoms with van der Waals surface area (Å²) < 4.78 is 19.4. The molecule has 3 aliphatic rings. The topological polar surface area (TPSA) is 47.9 Å². The summed E-state index contributed by atoms with van der Waals surface area (Å²) >= 11 is 0. The highest BCUT2D eigenvalue weighted by molar-refractivity contribution is 6.74. The molecule has 3 aliphatic carbocycles. The molecule has 3 rings (SSSR count). The predicted molar refractivity (Wildman–Crippen MR) is 143 cm³/mol. The highest BCUT2D eigenvalue weighted by atomic mass is 28.4. The second kappa shape index (κ2) is 10.7. The molecule has 0 aromatic rings. The lowest BCUT2D eigenvalue weighted by Gasteiger charge is -2.50. The Kier molecular flexibility index (Phi) is 8.89. The molecule has 3 fully saturated rings. The molecule has 0 amide bonds. The molecule has 0 heterocycles. The molecule has 1 N–H and O–H groups in total. The zero-order valence-corrected chi connectivity index (χ0v) is 24.6. The van der Waals surface area contributed by atoms with Gasteiger partial charge in [-0.1, -0.05) is 47.1 Å². The first kappa shape index (κ1) is 28.4.